The van der Waals surface area contributed by atoms with Gasteiger partial charge >= 0.3 is 5.97 Å². The first-order valence-electron chi connectivity index (χ1n) is 6.06. The number of aromatic amines is 1. The second-order valence-electron chi connectivity index (χ2n) is 4.06. The molecule has 0 saturated carbocycles. The number of nitriles is 1. The molecular formula is C14H11N3O3S. The highest BCUT2D eigenvalue weighted by molar-refractivity contribution is 7.99. The van der Waals surface area contributed by atoms with E-state index >= 15 is 0 Å². The molecule has 0 bridgehead atoms. The van der Waals surface area contributed by atoms with E-state index in [0.717, 1.165) is 11.8 Å². The van der Waals surface area contributed by atoms with Gasteiger partial charge in [0.05, 0.1) is 12.1 Å². The van der Waals surface area contributed by atoms with Gasteiger partial charge in [0.15, 0.2) is 5.16 Å². The van der Waals surface area contributed by atoms with Crippen molar-refractivity contribution in [1.29, 1.82) is 5.26 Å². The second-order valence-corrected chi connectivity index (χ2v) is 5.15. The lowest BCUT2D eigenvalue weighted by Crippen LogP contribution is -2.15. The van der Waals surface area contributed by atoms with E-state index in [9.17, 15) is 9.59 Å². The van der Waals surface area contributed by atoms with Crippen molar-refractivity contribution in [3.05, 3.63) is 46.2 Å². The fourth-order valence-corrected chi connectivity index (χ4v) is 2.46. The Kier molecular flexibility index (Phi) is 4.74. The molecule has 0 aliphatic heterocycles. The summed E-state index contributed by atoms with van der Waals surface area (Å²) in [5, 5.41) is 18.0. The van der Waals surface area contributed by atoms with Crippen LogP contribution in [0.25, 0.3) is 11.3 Å². The number of hydrogen-bond donors (Lipinski definition) is 2. The molecule has 2 N–H and O–H groups in total. The van der Waals surface area contributed by atoms with Crippen LogP contribution >= 0.6 is 11.8 Å². The lowest BCUT2D eigenvalue weighted by molar-refractivity contribution is -0.136. The number of carboxylic acid groups (broad SMARTS) is 1. The summed E-state index contributed by atoms with van der Waals surface area (Å²) >= 11 is 1.13. The van der Waals surface area contributed by atoms with Crippen molar-refractivity contribution in [3.63, 3.8) is 0 Å². The van der Waals surface area contributed by atoms with Gasteiger partial charge in [-0.25, -0.2) is 4.98 Å². The summed E-state index contributed by atoms with van der Waals surface area (Å²) in [7, 11) is 0. The third-order valence-corrected chi connectivity index (χ3v) is 3.49. The molecule has 0 spiro atoms. The minimum atomic E-state index is -0.915. The Hall–Kier alpha value is -2.59. The third kappa shape index (κ3) is 3.70. The van der Waals surface area contributed by atoms with Gasteiger partial charge in [0.25, 0.3) is 5.56 Å². The first-order chi connectivity index (χ1) is 10.1. The van der Waals surface area contributed by atoms with Crippen LogP contribution in [0, 0.1) is 11.3 Å². The molecule has 0 radical (unpaired) electrons. The highest BCUT2D eigenvalue weighted by Crippen LogP contribution is 2.21. The zero-order valence-corrected chi connectivity index (χ0v) is 11.7. The first kappa shape index (κ1) is 14.8. The number of aromatic nitrogens is 2. The molecule has 1 aromatic carbocycles. The summed E-state index contributed by atoms with van der Waals surface area (Å²) in [6.07, 6.45) is -0.0327. The molecule has 106 valence electrons. The molecule has 1 aromatic heterocycles. The lowest BCUT2D eigenvalue weighted by atomic mass is 10.1. The topological polar surface area (TPSA) is 107 Å². The van der Waals surface area contributed by atoms with Crippen LogP contribution in [0.15, 0.2) is 40.3 Å². The molecule has 0 aliphatic rings. The maximum atomic E-state index is 11.9. The minimum Gasteiger partial charge on any atom is -0.481 e. The molecule has 2 aromatic rings. The molecule has 1 heterocycles. The third-order valence-electron chi connectivity index (χ3n) is 2.61. The Morgan fingerprint density at radius 3 is 2.71 bits per heavy atom. The fraction of sp³-hybridized carbons (Fsp3) is 0.143. The Balaban J connectivity index is 2.39. The van der Waals surface area contributed by atoms with Crippen molar-refractivity contribution in [2.75, 3.05) is 5.75 Å². The summed E-state index contributed by atoms with van der Waals surface area (Å²) in [6.45, 7) is 0. The van der Waals surface area contributed by atoms with E-state index in [-0.39, 0.29) is 12.0 Å². The number of thioether (sulfide) groups is 1. The molecule has 0 atom stereocenters. The monoisotopic (exact) mass is 301 g/mol. The van der Waals surface area contributed by atoms with Crippen LogP contribution in [0.2, 0.25) is 0 Å². The molecule has 0 aliphatic carbocycles. The summed E-state index contributed by atoms with van der Waals surface area (Å²) in [6, 6.07) is 10.8. The summed E-state index contributed by atoms with van der Waals surface area (Å²) in [5.41, 5.74) is 0.396. The zero-order chi connectivity index (χ0) is 15.2. The Labute approximate surface area is 124 Å². The number of aliphatic carboxylic acids is 1. The number of hydrogen-bond acceptors (Lipinski definition) is 5. The molecule has 0 amide bonds. The van der Waals surface area contributed by atoms with E-state index in [0.29, 0.717) is 22.2 Å². The second kappa shape index (κ2) is 6.72. The van der Waals surface area contributed by atoms with Crippen molar-refractivity contribution in [3.8, 4) is 17.3 Å². The normalized spacial score (nSPS) is 10.0. The van der Waals surface area contributed by atoms with Crippen molar-refractivity contribution in [2.24, 2.45) is 0 Å². The van der Waals surface area contributed by atoms with Gasteiger partial charge in [-0.15, -0.1) is 0 Å². The van der Waals surface area contributed by atoms with Gasteiger partial charge in [-0.1, -0.05) is 42.1 Å². The van der Waals surface area contributed by atoms with Crippen LogP contribution in [0.5, 0.6) is 0 Å². The van der Waals surface area contributed by atoms with E-state index in [1.165, 1.54) is 0 Å². The van der Waals surface area contributed by atoms with E-state index < -0.39 is 11.5 Å². The molecule has 6 nitrogen and oxygen atoms in total. The Morgan fingerprint density at radius 2 is 2.10 bits per heavy atom. The van der Waals surface area contributed by atoms with Crippen molar-refractivity contribution in [2.45, 2.75) is 11.6 Å². The quantitative estimate of drug-likeness (QED) is 0.645. The first-order valence-corrected chi connectivity index (χ1v) is 7.05. The van der Waals surface area contributed by atoms with Gasteiger partial charge < -0.3 is 10.1 Å². The molecular weight excluding hydrogens is 290 g/mol. The summed E-state index contributed by atoms with van der Waals surface area (Å²) in [4.78, 5) is 29.2. The Bertz CT molecular complexity index is 750. The predicted molar refractivity (Wildman–Crippen MR) is 78.0 cm³/mol. The minimum absolute atomic E-state index is 0.0327. The van der Waals surface area contributed by atoms with E-state index in [1.807, 2.05) is 12.1 Å². The van der Waals surface area contributed by atoms with E-state index in [4.69, 9.17) is 10.4 Å². The van der Waals surface area contributed by atoms with Crippen LogP contribution < -0.4 is 5.56 Å². The van der Waals surface area contributed by atoms with Gasteiger partial charge in [-0.2, -0.15) is 5.26 Å². The molecule has 0 fully saturated rings. The van der Waals surface area contributed by atoms with Crippen molar-refractivity contribution in [1.82, 2.24) is 9.97 Å². The van der Waals surface area contributed by atoms with Gasteiger partial charge in [0, 0.05) is 11.3 Å². The van der Waals surface area contributed by atoms with Gasteiger partial charge in [-0.3, -0.25) is 9.59 Å². The highest BCUT2D eigenvalue weighted by Gasteiger charge is 2.13. The number of benzene rings is 1. The standard InChI is InChI=1S/C14H11N3O3S/c15-8-10-12(9-4-2-1-3-5-9)16-14(17-13(10)20)21-7-6-11(18)19/h1-5H,6-7H2,(H,18,19)(H,16,17,20). The fourth-order valence-electron chi connectivity index (χ4n) is 1.66. The van der Waals surface area contributed by atoms with Crippen LogP contribution in [-0.2, 0) is 4.79 Å². The van der Waals surface area contributed by atoms with E-state index in [2.05, 4.69) is 9.97 Å². The highest BCUT2D eigenvalue weighted by atomic mass is 32.2. The van der Waals surface area contributed by atoms with Crippen LogP contribution in [-0.4, -0.2) is 26.8 Å². The maximum absolute atomic E-state index is 11.9. The number of carboxylic acids is 1. The largest absolute Gasteiger partial charge is 0.481 e. The van der Waals surface area contributed by atoms with Crippen LogP contribution in [0.3, 0.4) is 0 Å². The zero-order valence-electron chi connectivity index (χ0n) is 10.9. The smallest absolute Gasteiger partial charge is 0.304 e. The van der Waals surface area contributed by atoms with E-state index in [1.54, 1.807) is 24.3 Å². The number of carbonyl (C=O) groups is 1. The van der Waals surface area contributed by atoms with Crippen LogP contribution in [0.1, 0.15) is 12.0 Å². The van der Waals surface area contributed by atoms with Crippen molar-refractivity contribution < 1.29 is 9.90 Å². The molecule has 21 heavy (non-hydrogen) atoms. The summed E-state index contributed by atoms with van der Waals surface area (Å²) in [5.74, 6) is -0.625. The molecule has 7 heteroatoms. The average Bonchev–Trinajstić information content (AvgIpc) is 2.47. The number of nitrogens with one attached hydrogen (secondary N) is 1. The number of H-pyrrole nitrogens is 1. The average molecular weight is 301 g/mol. The predicted octanol–water partition coefficient (Wildman–Crippen LogP) is 1.88. The van der Waals surface area contributed by atoms with Gasteiger partial charge in [0.1, 0.15) is 11.6 Å². The lowest BCUT2D eigenvalue weighted by Gasteiger charge is -2.05. The maximum Gasteiger partial charge on any atom is 0.304 e. The van der Waals surface area contributed by atoms with Crippen molar-refractivity contribution >= 4 is 17.7 Å². The summed E-state index contributed by atoms with van der Waals surface area (Å²) < 4.78 is 0. The molecule has 2 rings (SSSR count). The SMILES string of the molecule is N#Cc1c(-c2ccccc2)nc(SCCC(=O)O)[nH]c1=O. The number of rotatable bonds is 5. The number of nitrogens with zero attached hydrogens (tertiary/aromatic N) is 2. The molecule has 0 unspecified atom stereocenters. The van der Waals surface area contributed by atoms with Crippen LogP contribution in [0.4, 0.5) is 0 Å². The van der Waals surface area contributed by atoms with Gasteiger partial charge in [-0.05, 0) is 0 Å². The molecule has 0 saturated heterocycles. The Morgan fingerprint density at radius 1 is 1.38 bits per heavy atom. The van der Waals surface area contributed by atoms with Gasteiger partial charge in [0.2, 0.25) is 0 Å².